The van der Waals surface area contributed by atoms with Crippen LogP contribution < -0.4 is 4.74 Å². The monoisotopic (exact) mass is 454 g/mol. The summed E-state index contributed by atoms with van der Waals surface area (Å²) in [6.07, 6.45) is 13.6. The van der Waals surface area contributed by atoms with Crippen molar-refractivity contribution in [2.24, 2.45) is 5.92 Å². The van der Waals surface area contributed by atoms with Gasteiger partial charge in [0.2, 0.25) is 0 Å². The first-order chi connectivity index (χ1) is 15.6. The summed E-state index contributed by atoms with van der Waals surface area (Å²) < 4.78 is 6.55. The van der Waals surface area contributed by atoms with Crippen LogP contribution in [0.3, 0.4) is 0 Å². The third-order valence-corrected chi connectivity index (χ3v) is 8.10. The van der Waals surface area contributed by atoms with Crippen molar-refractivity contribution < 1.29 is 14.6 Å². The second-order valence-corrected chi connectivity index (χ2v) is 11.6. The van der Waals surface area contributed by atoms with Crippen LogP contribution in [-0.4, -0.2) is 16.5 Å². The normalized spacial score (nSPS) is 21.6. The third kappa shape index (κ3) is 5.84. The Balaban J connectivity index is 1.87. The Labute approximate surface area is 202 Å². The molecule has 1 aromatic rings. The summed E-state index contributed by atoms with van der Waals surface area (Å²) in [6, 6.07) is 4.15. The van der Waals surface area contributed by atoms with E-state index < -0.39 is 0 Å². The SMILES string of the molecule is CCCCCCC(C)(C)c1cc(O)c2c(c1)OC(C)(C)[C@@H]1CC=C(C(=O)CCCCC)CC21. The highest BCUT2D eigenvalue weighted by Gasteiger charge is 2.47. The molecule has 1 aliphatic carbocycles. The Morgan fingerprint density at radius 1 is 1.09 bits per heavy atom. The first-order valence-corrected chi connectivity index (χ1v) is 13.4. The zero-order valence-corrected chi connectivity index (χ0v) is 21.9. The molecule has 0 aromatic heterocycles. The van der Waals surface area contributed by atoms with Gasteiger partial charge in [0.15, 0.2) is 5.78 Å². The van der Waals surface area contributed by atoms with Gasteiger partial charge in [-0.2, -0.15) is 0 Å². The molecular weight excluding hydrogens is 408 g/mol. The minimum atomic E-state index is -0.332. The standard InChI is InChI=1S/C30H46O3/c1-7-9-11-13-17-29(3,4)22-19-26(32)28-23-18-21(25(31)14-12-10-8-2)15-16-24(23)30(5,6)33-27(28)20-22/h15,19-20,23-24,32H,7-14,16-18H2,1-6H3/t23?,24-/m1/s1. The van der Waals surface area contributed by atoms with E-state index in [0.717, 1.165) is 54.6 Å². The fourth-order valence-electron chi connectivity index (χ4n) is 5.85. The van der Waals surface area contributed by atoms with E-state index in [1.807, 2.05) is 6.07 Å². The highest BCUT2D eigenvalue weighted by atomic mass is 16.5. The molecule has 1 aromatic carbocycles. The van der Waals surface area contributed by atoms with Gasteiger partial charge in [0.05, 0.1) is 0 Å². The van der Waals surface area contributed by atoms with E-state index in [0.29, 0.717) is 18.6 Å². The molecule has 3 rings (SSSR count). The lowest BCUT2D eigenvalue weighted by molar-refractivity contribution is -0.116. The van der Waals surface area contributed by atoms with E-state index in [1.165, 1.54) is 25.7 Å². The lowest BCUT2D eigenvalue weighted by atomic mass is 9.66. The Morgan fingerprint density at radius 2 is 1.79 bits per heavy atom. The van der Waals surface area contributed by atoms with Gasteiger partial charge < -0.3 is 9.84 Å². The van der Waals surface area contributed by atoms with Crippen molar-refractivity contribution in [1.82, 2.24) is 0 Å². The van der Waals surface area contributed by atoms with Crippen molar-refractivity contribution >= 4 is 5.78 Å². The Morgan fingerprint density at radius 3 is 2.48 bits per heavy atom. The molecule has 0 fully saturated rings. The Bertz CT molecular complexity index is 862. The van der Waals surface area contributed by atoms with Crippen LogP contribution in [0.15, 0.2) is 23.8 Å². The molecule has 2 aliphatic rings. The number of Topliss-reactive ketones (excluding diaryl/α,β-unsaturated/α-hetero) is 1. The summed E-state index contributed by atoms with van der Waals surface area (Å²) in [7, 11) is 0. The smallest absolute Gasteiger partial charge is 0.158 e. The first-order valence-electron chi connectivity index (χ1n) is 13.4. The van der Waals surface area contributed by atoms with Crippen molar-refractivity contribution in [2.45, 2.75) is 129 Å². The molecule has 1 aliphatic heterocycles. The van der Waals surface area contributed by atoms with E-state index in [4.69, 9.17) is 4.74 Å². The summed E-state index contributed by atoms with van der Waals surface area (Å²) in [6.45, 7) is 13.3. The largest absolute Gasteiger partial charge is 0.508 e. The summed E-state index contributed by atoms with van der Waals surface area (Å²) in [5, 5.41) is 11.2. The molecule has 0 spiro atoms. The number of fused-ring (bicyclic) bond motifs is 3. The second-order valence-electron chi connectivity index (χ2n) is 11.6. The predicted molar refractivity (Wildman–Crippen MR) is 137 cm³/mol. The number of phenols is 1. The zero-order chi connectivity index (χ0) is 24.2. The van der Waals surface area contributed by atoms with Gasteiger partial charge in [-0.25, -0.2) is 0 Å². The van der Waals surface area contributed by atoms with Crippen LogP contribution in [-0.2, 0) is 10.2 Å². The number of carbonyl (C=O) groups is 1. The van der Waals surface area contributed by atoms with Crippen LogP contribution in [0.4, 0.5) is 0 Å². The molecule has 0 radical (unpaired) electrons. The predicted octanol–water partition coefficient (Wildman–Crippen LogP) is 8.38. The number of ether oxygens (including phenoxy) is 1. The maximum atomic E-state index is 12.9. The average Bonchev–Trinajstić information content (AvgIpc) is 2.75. The first kappa shape index (κ1) is 25.8. The second kappa shape index (κ2) is 10.7. The van der Waals surface area contributed by atoms with Crippen LogP contribution >= 0.6 is 0 Å². The molecule has 1 heterocycles. The maximum absolute atomic E-state index is 12.9. The van der Waals surface area contributed by atoms with Crippen molar-refractivity contribution in [2.75, 3.05) is 0 Å². The van der Waals surface area contributed by atoms with E-state index in [1.54, 1.807) is 0 Å². The van der Waals surface area contributed by atoms with Gasteiger partial charge in [-0.05, 0) is 68.2 Å². The van der Waals surface area contributed by atoms with Crippen LogP contribution in [0, 0.1) is 5.92 Å². The highest BCUT2D eigenvalue weighted by molar-refractivity contribution is 5.95. The number of aromatic hydroxyl groups is 1. The van der Waals surface area contributed by atoms with Crippen molar-refractivity contribution in [1.29, 1.82) is 0 Å². The molecule has 2 atom stereocenters. The number of unbranched alkanes of at least 4 members (excludes halogenated alkanes) is 5. The molecule has 0 saturated heterocycles. The van der Waals surface area contributed by atoms with Crippen LogP contribution in [0.5, 0.6) is 11.5 Å². The summed E-state index contributed by atoms with van der Waals surface area (Å²) >= 11 is 0. The Kier molecular flexibility index (Phi) is 8.35. The van der Waals surface area contributed by atoms with Crippen molar-refractivity contribution in [3.05, 3.63) is 34.9 Å². The molecule has 3 nitrogen and oxygen atoms in total. The number of allylic oxidation sites excluding steroid dienone is 2. The number of hydrogen-bond acceptors (Lipinski definition) is 3. The van der Waals surface area contributed by atoms with Gasteiger partial charge in [0.1, 0.15) is 17.1 Å². The van der Waals surface area contributed by atoms with Gasteiger partial charge in [0, 0.05) is 23.8 Å². The number of rotatable bonds is 11. The van der Waals surface area contributed by atoms with Crippen LogP contribution in [0.2, 0.25) is 0 Å². The average molecular weight is 455 g/mol. The maximum Gasteiger partial charge on any atom is 0.158 e. The molecule has 0 amide bonds. The van der Waals surface area contributed by atoms with Gasteiger partial charge in [-0.1, -0.05) is 72.3 Å². The lowest BCUT2D eigenvalue weighted by Crippen LogP contribution is -2.46. The number of ketones is 1. The zero-order valence-electron chi connectivity index (χ0n) is 21.9. The van der Waals surface area contributed by atoms with Gasteiger partial charge in [-0.3, -0.25) is 4.79 Å². The topological polar surface area (TPSA) is 46.5 Å². The Hall–Kier alpha value is -1.77. The molecule has 1 N–H and O–H groups in total. The van der Waals surface area contributed by atoms with Crippen molar-refractivity contribution in [3.8, 4) is 11.5 Å². The minimum Gasteiger partial charge on any atom is -0.508 e. The van der Waals surface area contributed by atoms with Gasteiger partial charge >= 0.3 is 0 Å². The van der Waals surface area contributed by atoms with Crippen molar-refractivity contribution in [3.63, 3.8) is 0 Å². The molecule has 1 unspecified atom stereocenters. The number of hydrogen-bond donors (Lipinski definition) is 1. The number of phenolic OH excluding ortho intramolecular Hbond substituents is 1. The molecule has 184 valence electrons. The molecule has 0 saturated carbocycles. The summed E-state index contributed by atoms with van der Waals surface area (Å²) in [5.74, 6) is 1.83. The molecular formula is C30H46O3. The van der Waals surface area contributed by atoms with Crippen LogP contribution in [0.1, 0.15) is 129 Å². The lowest BCUT2D eigenvalue weighted by Gasteiger charge is -2.47. The number of carbonyl (C=O) groups excluding carboxylic acids is 1. The van der Waals surface area contributed by atoms with Gasteiger partial charge in [0.25, 0.3) is 0 Å². The summed E-state index contributed by atoms with van der Waals surface area (Å²) in [5.41, 5.74) is 2.66. The molecule has 0 bridgehead atoms. The number of benzene rings is 1. The quantitative estimate of drug-likeness (QED) is 0.341. The highest BCUT2D eigenvalue weighted by Crippen LogP contribution is 2.55. The van der Waals surface area contributed by atoms with Crippen LogP contribution in [0.25, 0.3) is 0 Å². The fraction of sp³-hybridized carbons (Fsp3) is 0.700. The van der Waals surface area contributed by atoms with E-state index in [9.17, 15) is 9.90 Å². The third-order valence-electron chi connectivity index (χ3n) is 8.10. The molecule has 33 heavy (non-hydrogen) atoms. The fourth-order valence-corrected chi connectivity index (χ4v) is 5.85. The summed E-state index contributed by atoms with van der Waals surface area (Å²) in [4.78, 5) is 12.9. The van der Waals surface area contributed by atoms with E-state index >= 15 is 0 Å². The minimum absolute atomic E-state index is 0.0164. The molecule has 3 heteroatoms. The van der Waals surface area contributed by atoms with E-state index in [2.05, 4.69) is 53.7 Å². The van der Waals surface area contributed by atoms with E-state index in [-0.39, 0.29) is 28.6 Å². The van der Waals surface area contributed by atoms with Gasteiger partial charge in [-0.15, -0.1) is 0 Å².